The van der Waals surface area contributed by atoms with E-state index in [1.54, 1.807) is 14.1 Å². The van der Waals surface area contributed by atoms with Crippen molar-refractivity contribution in [2.45, 2.75) is 26.3 Å². The molecule has 0 amide bonds. The number of ether oxygens (including phenoxy) is 1. The topological polar surface area (TPSA) is 62.1 Å². The third-order valence-corrected chi connectivity index (χ3v) is 5.68. The Bertz CT molecular complexity index is 905. The standard InChI is InChI=1S/C22H30ClN5O/c1-15(26-22(25-4)16(2)24-3)20-14-17-6-5-7-18(23)21(17)19(27-20)8-9-28-10-12-29-13-11-28/h5-7,14-15H,8-13H2,1-4H3,(H,25,26). The first-order chi connectivity index (χ1) is 14.0. The van der Waals surface area contributed by atoms with Crippen LogP contribution in [0.4, 0.5) is 0 Å². The zero-order valence-electron chi connectivity index (χ0n) is 17.7. The van der Waals surface area contributed by atoms with Crippen LogP contribution in [0.1, 0.15) is 31.3 Å². The van der Waals surface area contributed by atoms with E-state index in [2.05, 4.69) is 39.3 Å². The van der Waals surface area contributed by atoms with Gasteiger partial charge in [0, 0.05) is 45.5 Å². The molecule has 2 heterocycles. The number of hydrogen-bond donors (Lipinski definition) is 1. The Labute approximate surface area is 178 Å². The lowest BCUT2D eigenvalue weighted by atomic mass is 10.0. The highest BCUT2D eigenvalue weighted by atomic mass is 35.5. The third-order valence-electron chi connectivity index (χ3n) is 5.37. The molecule has 3 rings (SSSR count). The van der Waals surface area contributed by atoms with Crippen molar-refractivity contribution < 1.29 is 4.74 Å². The molecule has 7 heteroatoms. The summed E-state index contributed by atoms with van der Waals surface area (Å²) < 4.78 is 5.46. The van der Waals surface area contributed by atoms with Crippen molar-refractivity contribution >= 4 is 33.9 Å². The van der Waals surface area contributed by atoms with Crippen molar-refractivity contribution in [3.63, 3.8) is 0 Å². The Balaban J connectivity index is 1.90. The monoisotopic (exact) mass is 415 g/mol. The molecular weight excluding hydrogens is 386 g/mol. The van der Waals surface area contributed by atoms with E-state index in [-0.39, 0.29) is 6.04 Å². The van der Waals surface area contributed by atoms with Crippen LogP contribution in [0.25, 0.3) is 10.8 Å². The number of morpholine rings is 1. The van der Waals surface area contributed by atoms with Crippen LogP contribution >= 0.6 is 11.6 Å². The van der Waals surface area contributed by atoms with Gasteiger partial charge in [0.15, 0.2) is 0 Å². The number of amidine groups is 1. The van der Waals surface area contributed by atoms with Gasteiger partial charge in [0.2, 0.25) is 0 Å². The Morgan fingerprint density at radius 1 is 1.28 bits per heavy atom. The maximum atomic E-state index is 6.56. The van der Waals surface area contributed by atoms with Crippen molar-refractivity contribution in [3.8, 4) is 0 Å². The fourth-order valence-electron chi connectivity index (χ4n) is 3.58. The Morgan fingerprint density at radius 3 is 2.72 bits per heavy atom. The van der Waals surface area contributed by atoms with Crippen LogP contribution in [0.3, 0.4) is 0 Å². The summed E-state index contributed by atoms with van der Waals surface area (Å²) in [7, 11) is 3.54. The predicted octanol–water partition coefficient (Wildman–Crippen LogP) is 3.53. The summed E-state index contributed by atoms with van der Waals surface area (Å²) >= 11 is 6.56. The van der Waals surface area contributed by atoms with Crippen molar-refractivity contribution in [1.82, 2.24) is 15.2 Å². The summed E-state index contributed by atoms with van der Waals surface area (Å²) in [6, 6.07) is 8.14. The van der Waals surface area contributed by atoms with Crippen LogP contribution in [-0.2, 0) is 11.2 Å². The lowest BCUT2D eigenvalue weighted by Gasteiger charge is -2.26. The maximum absolute atomic E-state index is 6.56. The summed E-state index contributed by atoms with van der Waals surface area (Å²) in [6.45, 7) is 8.53. The van der Waals surface area contributed by atoms with Crippen LogP contribution in [0, 0.1) is 0 Å². The molecule has 1 N–H and O–H groups in total. The molecule has 0 bridgehead atoms. The highest BCUT2D eigenvalue weighted by Gasteiger charge is 2.17. The van der Waals surface area contributed by atoms with E-state index >= 15 is 0 Å². The zero-order chi connectivity index (χ0) is 20.8. The molecule has 1 aliphatic heterocycles. The van der Waals surface area contributed by atoms with E-state index in [0.717, 1.165) is 78.0 Å². The van der Waals surface area contributed by atoms with Gasteiger partial charge in [0.1, 0.15) is 5.84 Å². The molecule has 1 aliphatic rings. The number of pyridine rings is 1. The number of nitrogens with zero attached hydrogens (tertiary/aromatic N) is 4. The molecule has 29 heavy (non-hydrogen) atoms. The smallest absolute Gasteiger partial charge is 0.142 e. The molecule has 0 spiro atoms. The number of benzene rings is 1. The normalized spacial score (nSPS) is 17.6. The van der Waals surface area contributed by atoms with Crippen LogP contribution in [0.15, 0.2) is 34.3 Å². The van der Waals surface area contributed by atoms with E-state index in [1.165, 1.54) is 0 Å². The molecule has 1 unspecified atom stereocenters. The maximum Gasteiger partial charge on any atom is 0.142 e. The van der Waals surface area contributed by atoms with E-state index in [4.69, 9.17) is 21.3 Å². The molecule has 156 valence electrons. The van der Waals surface area contributed by atoms with Gasteiger partial charge in [-0.15, -0.1) is 0 Å². The fraction of sp³-hybridized carbons (Fsp3) is 0.500. The summed E-state index contributed by atoms with van der Waals surface area (Å²) in [5.74, 6) is 0.780. The van der Waals surface area contributed by atoms with Crippen LogP contribution in [0.2, 0.25) is 5.02 Å². The van der Waals surface area contributed by atoms with E-state index in [9.17, 15) is 0 Å². The summed E-state index contributed by atoms with van der Waals surface area (Å²) in [5, 5.41) is 6.36. The lowest BCUT2D eigenvalue weighted by Crippen LogP contribution is -2.37. The van der Waals surface area contributed by atoms with Gasteiger partial charge >= 0.3 is 0 Å². The molecular formula is C22H30ClN5O. The van der Waals surface area contributed by atoms with Crippen LogP contribution in [0.5, 0.6) is 0 Å². The predicted molar refractivity (Wildman–Crippen MR) is 122 cm³/mol. The molecule has 1 aromatic heterocycles. The molecule has 2 aromatic rings. The van der Waals surface area contributed by atoms with Crippen LogP contribution in [-0.4, -0.2) is 68.4 Å². The van der Waals surface area contributed by atoms with Gasteiger partial charge in [-0.25, -0.2) is 0 Å². The molecule has 1 atom stereocenters. The molecule has 6 nitrogen and oxygen atoms in total. The molecule has 1 saturated heterocycles. The first-order valence-corrected chi connectivity index (χ1v) is 10.5. The average molecular weight is 416 g/mol. The van der Waals surface area contributed by atoms with Gasteiger partial charge in [-0.1, -0.05) is 23.7 Å². The van der Waals surface area contributed by atoms with E-state index < -0.39 is 0 Å². The SMILES string of the molecule is CN=C(C)C(=NC)NC(C)c1cc2cccc(Cl)c2c(CCN2CCOCC2)n1. The zero-order valence-corrected chi connectivity index (χ0v) is 18.5. The minimum Gasteiger partial charge on any atom is -0.379 e. The number of halogens is 1. The molecule has 1 aromatic carbocycles. The Morgan fingerprint density at radius 2 is 2.03 bits per heavy atom. The minimum atomic E-state index is -0.00378. The number of hydrogen-bond acceptors (Lipinski definition) is 5. The second-order valence-corrected chi connectivity index (χ2v) is 7.69. The van der Waals surface area contributed by atoms with Gasteiger partial charge in [0.05, 0.1) is 41.4 Å². The average Bonchev–Trinajstić information content (AvgIpc) is 2.75. The number of aliphatic imine (C=N–C) groups is 2. The second kappa shape index (κ2) is 10.1. The summed E-state index contributed by atoms with van der Waals surface area (Å²) in [5.41, 5.74) is 2.89. The van der Waals surface area contributed by atoms with Crippen molar-refractivity contribution in [1.29, 1.82) is 0 Å². The van der Waals surface area contributed by atoms with Gasteiger partial charge in [-0.05, 0) is 31.4 Å². The minimum absolute atomic E-state index is 0.00378. The Kier molecular flexibility index (Phi) is 7.58. The highest BCUT2D eigenvalue weighted by molar-refractivity contribution is 6.40. The number of nitrogens with one attached hydrogen (secondary N) is 1. The molecule has 0 saturated carbocycles. The second-order valence-electron chi connectivity index (χ2n) is 7.28. The van der Waals surface area contributed by atoms with Crippen molar-refractivity contribution in [2.24, 2.45) is 9.98 Å². The summed E-state index contributed by atoms with van der Waals surface area (Å²) in [4.78, 5) is 16.0. The van der Waals surface area contributed by atoms with E-state index in [0.29, 0.717) is 0 Å². The lowest BCUT2D eigenvalue weighted by molar-refractivity contribution is 0.0384. The highest BCUT2D eigenvalue weighted by Crippen LogP contribution is 2.29. The van der Waals surface area contributed by atoms with Crippen molar-refractivity contribution in [3.05, 3.63) is 40.7 Å². The Hall–Kier alpha value is -2.02. The molecule has 0 aliphatic carbocycles. The number of fused-ring (bicyclic) bond motifs is 1. The van der Waals surface area contributed by atoms with Gasteiger partial charge in [-0.3, -0.25) is 19.9 Å². The van der Waals surface area contributed by atoms with Crippen LogP contribution < -0.4 is 5.32 Å². The largest absolute Gasteiger partial charge is 0.379 e. The van der Waals surface area contributed by atoms with Gasteiger partial charge < -0.3 is 10.1 Å². The van der Waals surface area contributed by atoms with Gasteiger partial charge in [-0.2, -0.15) is 0 Å². The third kappa shape index (κ3) is 5.32. The number of rotatable bonds is 6. The fourth-order valence-corrected chi connectivity index (χ4v) is 3.87. The van der Waals surface area contributed by atoms with E-state index in [1.807, 2.05) is 19.1 Å². The number of aromatic nitrogens is 1. The first-order valence-electron chi connectivity index (χ1n) is 10.1. The molecule has 1 fully saturated rings. The van der Waals surface area contributed by atoms with Gasteiger partial charge in [0.25, 0.3) is 0 Å². The first kappa shape index (κ1) is 21.7. The quantitative estimate of drug-likeness (QED) is 0.579. The van der Waals surface area contributed by atoms with Crippen molar-refractivity contribution in [2.75, 3.05) is 46.9 Å². The summed E-state index contributed by atoms with van der Waals surface area (Å²) in [6.07, 6.45) is 0.852. The molecule has 0 radical (unpaired) electrons.